The monoisotopic (exact) mass is 320 g/mol. The van der Waals surface area contributed by atoms with E-state index in [4.69, 9.17) is 5.73 Å². The number of nitrogen functional groups attached to an aromatic ring is 1. The van der Waals surface area contributed by atoms with Gasteiger partial charge in [-0.2, -0.15) is 0 Å². The molecule has 1 aromatic carbocycles. The highest BCUT2D eigenvalue weighted by Crippen LogP contribution is 2.40. The highest BCUT2D eigenvalue weighted by atomic mass is 32.1. The van der Waals surface area contributed by atoms with Crippen LogP contribution < -0.4 is 10.6 Å². The first-order chi connectivity index (χ1) is 10.2. The fraction of sp³-hybridized carbons (Fsp3) is 0.579. The molecule has 1 aliphatic rings. The van der Waals surface area contributed by atoms with Crippen LogP contribution in [0.15, 0.2) is 29.7 Å². The van der Waals surface area contributed by atoms with Gasteiger partial charge in [-0.25, -0.2) is 0 Å². The lowest BCUT2D eigenvalue weighted by Gasteiger charge is -2.37. The van der Waals surface area contributed by atoms with Gasteiger partial charge in [0.25, 0.3) is 0 Å². The van der Waals surface area contributed by atoms with E-state index >= 15 is 0 Å². The molecular weight excluding hydrogens is 288 g/mol. The SMILES string of the molecule is C=C(S)CCN1c2ccc(N)cc2CC1C(C)(C)C.CCC. The Bertz CT molecular complexity index is 503. The van der Waals surface area contributed by atoms with Crippen molar-refractivity contribution in [1.82, 2.24) is 0 Å². The Morgan fingerprint density at radius 1 is 1.36 bits per heavy atom. The summed E-state index contributed by atoms with van der Waals surface area (Å²) < 4.78 is 0. The first-order valence-electron chi connectivity index (χ1n) is 8.22. The van der Waals surface area contributed by atoms with E-state index in [0.717, 1.165) is 30.0 Å². The molecule has 1 heterocycles. The number of benzene rings is 1. The van der Waals surface area contributed by atoms with Crippen LogP contribution >= 0.6 is 12.6 Å². The van der Waals surface area contributed by atoms with Gasteiger partial charge in [-0.15, -0.1) is 12.6 Å². The average molecular weight is 321 g/mol. The zero-order chi connectivity index (χ0) is 16.9. The van der Waals surface area contributed by atoms with E-state index in [2.05, 4.69) is 70.9 Å². The minimum atomic E-state index is 0.242. The molecule has 3 heteroatoms. The molecule has 1 unspecified atom stereocenters. The molecule has 0 saturated carbocycles. The molecular formula is C19H32N2S. The van der Waals surface area contributed by atoms with Gasteiger partial charge in [0.05, 0.1) is 0 Å². The summed E-state index contributed by atoms with van der Waals surface area (Å²) in [5.74, 6) is 0. The average Bonchev–Trinajstić information content (AvgIpc) is 2.74. The molecule has 0 aliphatic carbocycles. The molecule has 2 rings (SSSR count). The summed E-state index contributed by atoms with van der Waals surface area (Å²) in [5.41, 5.74) is 9.69. The third-order valence-corrected chi connectivity index (χ3v) is 4.07. The summed E-state index contributed by atoms with van der Waals surface area (Å²) in [6.07, 6.45) is 3.24. The Hall–Kier alpha value is -1.09. The Kier molecular flexibility index (Phi) is 6.86. The minimum Gasteiger partial charge on any atom is -0.399 e. The zero-order valence-corrected chi connectivity index (χ0v) is 15.7. The van der Waals surface area contributed by atoms with E-state index in [0.29, 0.717) is 6.04 Å². The number of rotatable bonds is 3. The molecule has 0 spiro atoms. The number of thiol groups is 1. The highest BCUT2D eigenvalue weighted by molar-refractivity contribution is 7.84. The summed E-state index contributed by atoms with van der Waals surface area (Å²) in [4.78, 5) is 3.44. The van der Waals surface area contributed by atoms with Crippen molar-refractivity contribution < 1.29 is 0 Å². The van der Waals surface area contributed by atoms with Crippen molar-refractivity contribution in [3.63, 3.8) is 0 Å². The topological polar surface area (TPSA) is 29.3 Å². The van der Waals surface area contributed by atoms with Crippen molar-refractivity contribution in [2.24, 2.45) is 5.41 Å². The minimum absolute atomic E-state index is 0.242. The molecule has 124 valence electrons. The summed E-state index contributed by atoms with van der Waals surface area (Å²) in [5, 5.41) is 0. The van der Waals surface area contributed by atoms with Gasteiger partial charge in [-0.3, -0.25) is 0 Å². The Labute approximate surface area is 142 Å². The molecule has 1 aromatic rings. The second-order valence-electron chi connectivity index (χ2n) is 7.19. The van der Waals surface area contributed by atoms with Crippen molar-refractivity contribution >= 4 is 24.0 Å². The van der Waals surface area contributed by atoms with Crippen molar-refractivity contribution in [2.45, 2.75) is 59.9 Å². The lowest BCUT2D eigenvalue weighted by Crippen LogP contribution is -2.42. The molecule has 22 heavy (non-hydrogen) atoms. The van der Waals surface area contributed by atoms with E-state index in [1.54, 1.807) is 0 Å². The molecule has 2 N–H and O–H groups in total. The maximum absolute atomic E-state index is 5.91. The molecule has 0 aromatic heterocycles. The third kappa shape index (κ3) is 4.98. The van der Waals surface area contributed by atoms with Crippen molar-refractivity contribution in [3.8, 4) is 0 Å². The van der Waals surface area contributed by atoms with E-state index < -0.39 is 0 Å². The summed E-state index contributed by atoms with van der Waals surface area (Å²) >= 11 is 4.32. The van der Waals surface area contributed by atoms with Crippen LogP contribution in [0.25, 0.3) is 0 Å². The molecule has 2 nitrogen and oxygen atoms in total. The molecule has 1 aliphatic heterocycles. The van der Waals surface area contributed by atoms with E-state index in [1.165, 1.54) is 17.7 Å². The van der Waals surface area contributed by atoms with Crippen molar-refractivity contribution in [3.05, 3.63) is 35.2 Å². The van der Waals surface area contributed by atoms with Gasteiger partial charge in [0, 0.05) is 24.0 Å². The number of hydrogen-bond donors (Lipinski definition) is 2. The standard InChI is InChI=1S/C16H24N2S.C3H8/c1-11(19)7-8-18-14-6-5-13(17)9-12(14)10-15(18)16(2,3)4;1-3-2/h5-6,9,15,19H,1,7-8,10,17H2,2-4H3;3H2,1-2H3. The maximum Gasteiger partial charge on any atom is 0.0403 e. The smallest absolute Gasteiger partial charge is 0.0403 e. The Morgan fingerprint density at radius 3 is 2.45 bits per heavy atom. The second kappa shape index (κ2) is 7.96. The molecule has 0 saturated heterocycles. The normalized spacial score (nSPS) is 16.8. The van der Waals surface area contributed by atoms with Gasteiger partial charge in [0.2, 0.25) is 0 Å². The number of hydrogen-bond acceptors (Lipinski definition) is 3. The zero-order valence-electron chi connectivity index (χ0n) is 14.8. The third-order valence-electron chi connectivity index (χ3n) is 3.84. The molecule has 0 bridgehead atoms. The van der Waals surface area contributed by atoms with E-state index in [1.807, 2.05) is 6.07 Å². The largest absolute Gasteiger partial charge is 0.399 e. The summed E-state index contributed by atoms with van der Waals surface area (Å²) in [6.45, 7) is 16.0. The Morgan fingerprint density at radius 2 is 1.95 bits per heavy atom. The summed E-state index contributed by atoms with van der Waals surface area (Å²) in [7, 11) is 0. The predicted molar refractivity (Wildman–Crippen MR) is 104 cm³/mol. The van der Waals surface area contributed by atoms with E-state index in [9.17, 15) is 0 Å². The van der Waals surface area contributed by atoms with Gasteiger partial charge in [-0.05, 0) is 46.9 Å². The number of fused-ring (bicyclic) bond motifs is 1. The van der Waals surface area contributed by atoms with Gasteiger partial charge in [0.1, 0.15) is 0 Å². The molecule has 0 fully saturated rings. The fourth-order valence-corrected chi connectivity index (χ4v) is 2.94. The van der Waals surface area contributed by atoms with Crippen molar-refractivity contribution in [2.75, 3.05) is 17.2 Å². The van der Waals surface area contributed by atoms with Crippen LogP contribution in [0.4, 0.5) is 11.4 Å². The molecule has 0 radical (unpaired) electrons. The van der Waals surface area contributed by atoms with Gasteiger partial charge in [0.15, 0.2) is 0 Å². The number of nitrogens with zero attached hydrogens (tertiary/aromatic N) is 1. The number of anilines is 2. The Balaban J connectivity index is 0.000000745. The van der Waals surface area contributed by atoms with Crippen LogP contribution in [0, 0.1) is 5.41 Å². The predicted octanol–water partition coefficient (Wildman–Crippen LogP) is 5.30. The quantitative estimate of drug-likeness (QED) is 0.585. The maximum atomic E-state index is 5.91. The van der Waals surface area contributed by atoms with E-state index in [-0.39, 0.29) is 5.41 Å². The van der Waals surface area contributed by atoms with Crippen LogP contribution in [-0.4, -0.2) is 12.6 Å². The summed E-state index contributed by atoms with van der Waals surface area (Å²) in [6, 6.07) is 6.77. The van der Waals surface area contributed by atoms with Crippen LogP contribution in [-0.2, 0) is 6.42 Å². The first kappa shape index (κ1) is 19.0. The van der Waals surface area contributed by atoms with Crippen molar-refractivity contribution in [1.29, 1.82) is 0 Å². The van der Waals surface area contributed by atoms with Gasteiger partial charge in [-0.1, -0.05) is 47.6 Å². The number of nitrogens with two attached hydrogens (primary N) is 1. The lowest BCUT2D eigenvalue weighted by atomic mass is 9.84. The highest BCUT2D eigenvalue weighted by Gasteiger charge is 2.36. The molecule has 0 amide bonds. The van der Waals surface area contributed by atoms with Crippen LogP contribution in [0.3, 0.4) is 0 Å². The molecule has 1 atom stereocenters. The fourth-order valence-electron chi connectivity index (χ4n) is 2.84. The van der Waals surface area contributed by atoms with Crippen LogP contribution in [0.5, 0.6) is 0 Å². The second-order valence-corrected chi connectivity index (χ2v) is 7.82. The van der Waals surface area contributed by atoms with Crippen LogP contribution in [0.2, 0.25) is 0 Å². The van der Waals surface area contributed by atoms with Gasteiger partial charge >= 0.3 is 0 Å². The van der Waals surface area contributed by atoms with Gasteiger partial charge < -0.3 is 10.6 Å². The van der Waals surface area contributed by atoms with Crippen LogP contribution in [0.1, 0.15) is 53.0 Å². The first-order valence-corrected chi connectivity index (χ1v) is 8.67. The lowest BCUT2D eigenvalue weighted by molar-refractivity contribution is 0.312.